The molecule has 0 aliphatic rings. The van der Waals surface area contributed by atoms with Crippen LogP contribution in [0.3, 0.4) is 0 Å². The minimum absolute atomic E-state index is 0.0246. The van der Waals surface area contributed by atoms with Crippen molar-refractivity contribution in [2.45, 2.75) is 46.6 Å². The second-order valence-corrected chi connectivity index (χ2v) is 10.6. The van der Waals surface area contributed by atoms with Crippen molar-refractivity contribution in [3.8, 4) is 5.75 Å². The number of hydrogen-bond acceptors (Lipinski definition) is 4. The van der Waals surface area contributed by atoms with Crippen molar-refractivity contribution in [1.82, 2.24) is 5.32 Å². The lowest BCUT2D eigenvalue weighted by atomic mass is 9.82. The minimum atomic E-state index is -3.67. The van der Waals surface area contributed by atoms with Crippen LogP contribution in [0.25, 0.3) is 0 Å². The monoisotopic (exact) mass is 404 g/mol. The van der Waals surface area contributed by atoms with Crippen LogP contribution >= 0.6 is 11.6 Å². The molecule has 0 atom stereocenters. The van der Waals surface area contributed by atoms with Gasteiger partial charge in [0, 0.05) is 5.54 Å². The van der Waals surface area contributed by atoms with Gasteiger partial charge in [-0.25, -0.2) is 8.42 Å². The number of rotatable bonds is 7. The van der Waals surface area contributed by atoms with Crippen LogP contribution < -0.4 is 14.4 Å². The first-order chi connectivity index (χ1) is 11.6. The molecule has 0 radical (unpaired) electrons. The molecule has 0 fully saturated rings. The van der Waals surface area contributed by atoms with E-state index in [1.165, 1.54) is 13.2 Å². The summed E-state index contributed by atoms with van der Waals surface area (Å²) in [6.45, 7) is 9.78. The standard InChI is InChI=1S/C18H29ClN2O4S/c1-17(2,3)12-18(4,5)20-16(22)11-21(26(7,23)24)13-8-9-15(25-6)14(19)10-13/h8-10H,11-12H2,1-7H3,(H,20,22). The number of anilines is 1. The fraction of sp³-hybridized carbons (Fsp3) is 0.611. The van der Waals surface area contributed by atoms with Gasteiger partial charge in [0.1, 0.15) is 12.3 Å². The molecule has 26 heavy (non-hydrogen) atoms. The summed E-state index contributed by atoms with van der Waals surface area (Å²) >= 11 is 6.09. The first-order valence-corrected chi connectivity index (χ1v) is 10.5. The summed E-state index contributed by atoms with van der Waals surface area (Å²) in [5, 5.41) is 3.19. The minimum Gasteiger partial charge on any atom is -0.495 e. The molecule has 0 spiro atoms. The molecule has 0 aromatic heterocycles. The average Bonchev–Trinajstić information content (AvgIpc) is 2.40. The Hall–Kier alpha value is -1.47. The number of benzene rings is 1. The molecule has 1 aromatic rings. The number of ether oxygens (including phenoxy) is 1. The topological polar surface area (TPSA) is 75.7 Å². The third kappa shape index (κ3) is 7.03. The summed E-state index contributed by atoms with van der Waals surface area (Å²) in [5.74, 6) is 0.0521. The number of amides is 1. The van der Waals surface area contributed by atoms with Crippen LogP contribution in [0, 0.1) is 5.41 Å². The number of carbonyl (C=O) groups is 1. The summed E-state index contributed by atoms with van der Waals surface area (Å²) in [5.41, 5.74) is -0.130. The Morgan fingerprint density at radius 2 is 1.81 bits per heavy atom. The van der Waals surface area contributed by atoms with Crippen molar-refractivity contribution in [1.29, 1.82) is 0 Å². The SMILES string of the molecule is COc1ccc(N(CC(=O)NC(C)(C)CC(C)(C)C)S(C)(=O)=O)cc1Cl. The van der Waals surface area contributed by atoms with Gasteiger partial charge in [-0.1, -0.05) is 32.4 Å². The Morgan fingerprint density at radius 1 is 1.23 bits per heavy atom. The number of carbonyl (C=O) groups excluding carboxylic acids is 1. The van der Waals surface area contributed by atoms with Crippen molar-refractivity contribution < 1.29 is 17.9 Å². The Kier molecular flexibility index (Phi) is 6.98. The summed E-state index contributed by atoms with van der Waals surface area (Å²) in [4.78, 5) is 12.5. The fourth-order valence-electron chi connectivity index (χ4n) is 3.13. The average molecular weight is 405 g/mol. The molecule has 0 aliphatic carbocycles. The van der Waals surface area contributed by atoms with Crippen LogP contribution in [-0.2, 0) is 14.8 Å². The molecule has 1 rings (SSSR count). The summed E-state index contributed by atoms with van der Waals surface area (Å²) in [7, 11) is -2.19. The van der Waals surface area contributed by atoms with Crippen LogP contribution in [0.5, 0.6) is 5.75 Å². The van der Waals surface area contributed by atoms with E-state index >= 15 is 0 Å². The first kappa shape index (κ1) is 22.6. The van der Waals surface area contributed by atoms with Crippen molar-refractivity contribution in [3.63, 3.8) is 0 Å². The number of halogens is 1. The molecule has 0 saturated heterocycles. The summed E-state index contributed by atoms with van der Waals surface area (Å²) < 4.78 is 30.5. The number of nitrogens with one attached hydrogen (secondary N) is 1. The van der Waals surface area contributed by atoms with Gasteiger partial charge in [-0.15, -0.1) is 0 Å². The Bertz CT molecular complexity index is 755. The third-order valence-electron chi connectivity index (χ3n) is 3.56. The molecule has 1 aromatic carbocycles. The molecule has 148 valence electrons. The van der Waals surface area contributed by atoms with Gasteiger partial charge in [-0.2, -0.15) is 0 Å². The predicted molar refractivity (Wildman–Crippen MR) is 106 cm³/mol. The van der Waals surface area contributed by atoms with E-state index in [2.05, 4.69) is 26.1 Å². The van der Waals surface area contributed by atoms with Gasteiger partial charge in [0.05, 0.1) is 24.1 Å². The van der Waals surface area contributed by atoms with Crippen LogP contribution in [0.1, 0.15) is 41.0 Å². The van der Waals surface area contributed by atoms with E-state index in [0.717, 1.165) is 17.0 Å². The van der Waals surface area contributed by atoms with Gasteiger partial charge in [0.15, 0.2) is 0 Å². The van der Waals surface area contributed by atoms with Gasteiger partial charge >= 0.3 is 0 Å². The van der Waals surface area contributed by atoms with Gasteiger partial charge in [-0.05, 0) is 43.9 Å². The quantitative estimate of drug-likeness (QED) is 0.755. The molecule has 8 heteroatoms. The first-order valence-electron chi connectivity index (χ1n) is 8.27. The smallest absolute Gasteiger partial charge is 0.241 e. The normalized spacial score (nSPS) is 12.6. The Labute approximate surface area is 161 Å². The zero-order valence-electron chi connectivity index (χ0n) is 16.5. The van der Waals surface area contributed by atoms with E-state index in [1.807, 2.05) is 13.8 Å². The second kappa shape index (κ2) is 8.05. The lowest BCUT2D eigenvalue weighted by Gasteiger charge is -2.34. The molecule has 1 N–H and O–H groups in total. The highest BCUT2D eigenvalue weighted by Gasteiger charge is 2.29. The van der Waals surface area contributed by atoms with E-state index in [4.69, 9.17) is 16.3 Å². The van der Waals surface area contributed by atoms with Crippen molar-refractivity contribution in [2.75, 3.05) is 24.2 Å². The highest BCUT2D eigenvalue weighted by molar-refractivity contribution is 7.92. The Morgan fingerprint density at radius 3 is 2.23 bits per heavy atom. The number of methoxy groups -OCH3 is 1. The van der Waals surface area contributed by atoms with Crippen molar-refractivity contribution >= 4 is 33.2 Å². The molecular formula is C18H29ClN2O4S. The highest BCUT2D eigenvalue weighted by Crippen LogP contribution is 2.30. The van der Waals surface area contributed by atoms with E-state index in [0.29, 0.717) is 11.4 Å². The van der Waals surface area contributed by atoms with Crippen LogP contribution in [0.4, 0.5) is 5.69 Å². The lowest BCUT2D eigenvalue weighted by molar-refractivity contribution is -0.121. The zero-order valence-corrected chi connectivity index (χ0v) is 18.1. The summed E-state index contributed by atoms with van der Waals surface area (Å²) in [6, 6.07) is 4.59. The molecule has 0 bridgehead atoms. The molecule has 0 unspecified atom stereocenters. The largest absolute Gasteiger partial charge is 0.495 e. The molecule has 6 nitrogen and oxygen atoms in total. The van der Waals surface area contributed by atoms with Crippen LogP contribution in [0.15, 0.2) is 18.2 Å². The Balaban J connectivity index is 3.03. The van der Waals surface area contributed by atoms with Gasteiger partial charge < -0.3 is 10.1 Å². The number of sulfonamides is 1. The zero-order chi connectivity index (χ0) is 20.3. The van der Waals surface area contributed by atoms with Crippen molar-refractivity contribution in [2.24, 2.45) is 5.41 Å². The number of hydrogen-bond donors (Lipinski definition) is 1. The van der Waals surface area contributed by atoms with Gasteiger partial charge in [0.25, 0.3) is 0 Å². The maximum atomic E-state index is 12.5. The van der Waals surface area contributed by atoms with E-state index in [1.54, 1.807) is 12.1 Å². The third-order valence-corrected chi connectivity index (χ3v) is 5.00. The maximum Gasteiger partial charge on any atom is 0.241 e. The fourth-order valence-corrected chi connectivity index (χ4v) is 4.23. The van der Waals surface area contributed by atoms with Crippen LogP contribution in [-0.4, -0.2) is 39.8 Å². The molecule has 0 heterocycles. The molecule has 0 aliphatic heterocycles. The van der Waals surface area contributed by atoms with E-state index in [9.17, 15) is 13.2 Å². The molecule has 1 amide bonds. The maximum absolute atomic E-state index is 12.5. The van der Waals surface area contributed by atoms with E-state index in [-0.39, 0.29) is 22.9 Å². The van der Waals surface area contributed by atoms with Crippen molar-refractivity contribution in [3.05, 3.63) is 23.2 Å². The summed E-state index contributed by atoms with van der Waals surface area (Å²) in [6.07, 6.45) is 1.80. The number of nitrogens with zero attached hydrogens (tertiary/aromatic N) is 1. The predicted octanol–water partition coefficient (Wildman–Crippen LogP) is 3.45. The molecular weight excluding hydrogens is 376 g/mol. The van der Waals surface area contributed by atoms with Gasteiger partial charge in [-0.3, -0.25) is 9.10 Å². The lowest BCUT2D eigenvalue weighted by Crippen LogP contribution is -2.50. The second-order valence-electron chi connectivity index (χ2n) is 8.26. The van der Waals surface area contributed by atoms with Crippen LogP contribution in [0.2, 0.25) is 5.02 Å². The highest BCUT2D eigenvalue weighted by atomic mass is 35.5. The van der Waals surface area contributed by atoms with Gasteiger partial charge in [0.2, 0.25) is 15.9 Å². The van der Waals surface area contributed by atoms with E-state index < -0.39 is 15.6 Å². The molecule has 0 saturated carbocycles.